The van der Waals surface area contributed by atoms with Crippen LogP contribution in [0.3, 0.4) is 0 Å². The third-order valence-corrected chi connectivity index (χ3v) is 5.19. The van der Waals surface area contributed by atoms with Crippen LogP contribution in [-0.2, 0) is 13.1 Å². The molecule has 1 heterocycles. The summed E-state index contributed by atoms with van der Waals surface area (Å²) in [4.78, 5) is 4.85. The molecule has 3 nitrogen and oxygen atoms in total. The first-order valence-electron chi connectivity index (χ1n) is 9.41. The average molecular weight is 356 g/mol. The van der Waals surface area contributed by atoms with Gasteiger partial charge in [-0.25, -0.2) is 4.39 Å². The van der Waals surface area contributed by atoms with E-state index in [2.05, 4.69) is 47.2 Å². The van der Waals surface area contributed by atoms with Crippen LogP contribution < -0.4 is 4.74 Å². The van der Waals surface area contributed by atoms with Gasteiger partial charge < -0.3 is 9.64 Å². The Morgan fingerprint density at radius 2 is 1.81 bits per heavy atom. The average Bonchev–Trinajstić information content (AvgIpc) is 2.64. The van der Waals surface area contributed by atoms with E-state index in [-0.39, 0.29) is 5.82 Å². The molecule has 0 unspecified atom stereocenters. The minimum atomic E-state index is -0.276. The van der Waals surface area contributed by atoms with E-state index in [0.29, 0.717) is 5.75 Å². The van der Waals surface area contributed by atoms with Crippen molar-refractivity contribution < 1.29 is 9.13 Å². The van der Waals surface area contributed by atoms with Crippen LogP contribution >= 0.6 is 0 Å². The van der Waals surface area contributed by atoms with E-state index >= 15 is 0 Å². The number of halogens is 1. The lowest BCUT2D eigenvalue weighted by Gasteiger charge is -2.34. The lowest BCUT2D eigenvalue weighted by molar-refractivity contribution is 0.147. The number of hydrogen-bond donors (Lipinski definition) is 0. The van der Waals surface area contributed by atoms with Crippen molar-refractivity contribution in [2.24, 2.45) is 5.92 Å². The summed E-state index contributed by atoms with van der Waals surface area (Å²) < 4.78 is 18.8. The second-order valence-corrected chi connectivity index (χ2v) is 7.37. The first-order chi connectivity index (χ1) is 12.6. The number of ether oxygens (including phenoxy) is 1. The number of rotatable bonds is 7. The fourth-order valence-electron chi connectivity index (χ4n) is 3.79. The summed E-state index contributed by atoms with van der Waals surface area (Å²) in [6, 6.07) is 15.9. The number of piperidine rings is 1. The highest BCUT2D eigenvalue weighted by molar-refractivity contribution is 5.29. The van der Waals surface area contributed by atoms with Gasteiger partial charge in [-0.2, -0.15) is 0 Å². The third kappa shape index (κ3) is 5.29. The predicted molar refractivity (Wildman–Crippen MR) is 104 cm³/mol. The number of likely N-dealkylation sites (tertiary alicyclic amines) is 1. The summed E-state index contributed by atoms with van der Waals surface area (Å²) in [5, 5.41) is 0. The highest BCUT2D eigenvalue weighted by Gasteiger charge is 2.20. The summed E-state index contributed by atoms with van der Waals surface area (Å²) >= 11 is 0. The molecule has 1 aliphatic rings. The van der Waals surface area contributed by atoms with E-state index in [4.69, 9.17) is 4.74 Å². The summed E-state index contributed by atoms with van der Waals surface area (Å²) in [5.41, 5.74) is 2.39. The molecule has 0 spiro atoms. The largest absolute Gasteiger partial charge is 0.494 e. The fraction of sp³-hybridized carbons (Fsp3) is 0.455. The van der Waals surface area contributed by atoms with Crippen LogP contribution in [0.2, 0.25) is 0 Å². The van der Waals surface area contributed by atoms with Gasteiger partial charge >= 0.3 is 0 Å². The summed E-state index contributed by atoms with van der Waals surface area (Å²) in [6.45, 7) is 5.12. The maximum Gasteiger partial charge on any atom is 0.165 e. The minimum absolute atomic E-state index is 0.276. The van der Waals surface area contributed by atoms with Crippen molar-refractivity contribution in [2.45, 2.75) is 25.9 Å². The van der Waals surface area contributed by atoms with E-state index in [1.807, 2.05) is 6.07 Å². The van der Waals surface area contributed by atoms with Crippen LogP contribution in [0.1, 0.15) is 24.0 Å². The maximum absolute atomic E-state index is 13.8. The van der Waals surface area contributed by atoms with Crippen LogP contribution in [0, 0.1) is 11.7 Å². The highest BCUT2D eigenvalue weighted by Crippen LogP contribution is 2.23. The molecule has 0 amide bonds. The van der Waals surface area contributed by atoms with Crippen molar-refractivity contribution in [3.05, 3.63) is 65.5 Å². The van der Waals surface area contributed by atoms with Gasteiger partial charge in [-0.3, -0.25) is 4.90 Å². The normalized spacial score (nSPS) is 16.2. The molecule has 0 saturated carbocycles. The van der Waals surface area contributed by atoms with E-state index in [1.54, 1.807) is 12.1 Å². The number of methoxy groups -OCH3 is 1. The summed E-state index contributed by atoms with van der Waals surface area (Å²) in [6.07, 6.45) is 2.41. The van der Waals surface area contributed by atoms with Gasteiger partial charge in [-0.05, 0) is 62.2 Å². The van der Waals surface area contributed by atoms with Crippen LogP contribution in [0.4, 0.5) is 4.39 Å². The van der Waals surface area contributed by atoms with E-state index < -0.39 is 0 Å². The van der Waals surface area contributed by atoms with Gasteiger partial charge in [0.05, 0.1) is 7.11 Å². The zero-order valence-corrected chi connectivity index (χ0v) is 15.8. The van der Waals surface area contributed by atoms with Gasteiger partial charge in [0, 0.05) is 19.6 Å². The smallest absolute Gasteiger partial charge is 0.165 e. The molecule has 140 valence electrons. The van der Waals surface area contributed by atoms with E-state index in [9.17, 15) is 4.39 Å². The fourth-order valence-corrected chi connectivity index (χ4v) is 3.79. The molecule has 0 aromatic heterocycles. The Bertz CT molecular complexity index is 684. The molecule has 0 radical (unpaired) electrons. The molecule has 0 atom stereocenters. The lowest BCUT2D eigenvalue weighted by atomic mass is 9.95. The predicted octanol–water partition coefficient (Wildman–Crippen LogP) is 4.18. The van der Waals surface area contributed by atoms with Crippen molar-refractivity contribution in [3.8, 4) is 5.75 Å². The Labute approximate surface area is 156 Å². The Morgan fingerprint density at radius 1 is 1.08 bits per heavy atom. The van der Waals surface area contributed by atoms with Gasteiger partial charge in [0.15, 0.2) is 11.6 Å². The zero-order chi connectivity index (χ0) is 18.4. The Kier molecular flexibility index (Phi) is 6.64. The highest BCUT2D eigenvalue weighted by atomic mass is 19.1. The van der Waals surface area contributed by atoms with Crippen LogP contribution in [0.5, 0.6) is 5.75 Å². The molecule has 0 N–H and O–H groups in total. The molecule has 4 heteroatoms. The second kappa shape index (κ2) is 9.15. The molecule has 26 heavy (non-hydrogen) atoms. The van der Waals surface area contributed by atoms with Crippen LogP contribution in [0.25, 0.3) is 0 Å². The van der Waals surface area contributed by atoms with Gasteiger partial charge in [0.1, 0.15) is 0 Å². The number of nitrogens with zero attached hydrogens (tertiary/aromatic N) is 2. The van der Waals surface area contributed by atoms with E-state index in [0.717, 1.165) is 44.2 Å². The monoisotopic (exact) mass is 356 g/mol. The summed E-state index contributed by atoms with van der Waals surface area (Å²) in [5.74, 6) is 0.781. The van der Waals surface area contributed by atoms with Gasteiger partial charge in [0.2, 0.25) is 0 Å². The Hall–Kier alpha value is -1.91. The van der Waals surface area contributed by atoms with Crippen molar-refractivity contribution in [3.63, 3.8) is 0 Å². The van der Waals surface area contributed by atoms with Crippen molar-refractivity contribution in [1.29, 1.82) is 0 Å². The van der Waals surface area contributed by atoms with Crippen molar-refractivity contribution in [1.82, 2.24) is 9.80 Å². The second-order valence-electron chi connectivity index (χ2n) is 7.37. The lowest BCUT2D eigenvalue weighted by Crippen LogP contribution is -2.37. The molecule has 0 bridgehead atoms. The van der Waals surface area contributed by atoms with Gasteiger partial charge in [0.25, 0.3) is 0 Å². The van der Waals surface area contributed by atoms with Gasteiger partial charge in [-0.1, -0.05) is 36.4 Å². The zero-order valence-electron chi connectivity index (χ0n) is 15.8. The SMILES string of the molecule is COc1ccc(CN2CCC(CN(C)Cc3ccccc3)CC2)cc1F. The topological polar surface area (TPSA) is 15.7 Å². The maximum atomic E-state index is 13.8. The first kappa shape index (κ1) is 18.9. The number of hydrogen-bond acceptors (Lipinski definition) is 3. The Morgan fingerprint density at radius 3 is 2.46 bits per heavy atom. The molecule has 0 aliphatic carbocycles. The Balaban J connectivity index is 1.43. The quantitative estimate of drug-likeness (QED) is 0.740. The van der Waals surface area contributed by atoms with Crippen molar-refractivity contribution in [2.75, 3.05) is 33.8 Å². The molecule has 2 aromatic rings. The molecule has 3 rings (SSSR count). The van der Waals surface area contributed by atoms with Crippen LogP contribution in [0.15, 0.2) is 48.5 Å². The number of benzene rings is 2. The van der Waals surface area contributed by atoms with E-state index in [1.165, 1.54) is 25.5 Å². The third-order valence-electron chi connectivity index (χ3n) is 5.19. The van der Waals surface area contributed by atoms with Crippen LogP contribution in [-0.4, -0.2) is 43.6 Å². The minimum Gasteiger partial charge on any atom is -0.494 e. The summed E-state index contributed by atoms with van der Waals surface area (Å²) in [7, 11) is 3.71. The van der Waals surface area contributed by atoms with Crippen molar-refractivity contribution >= 4 is 0 Å². The molecule has 2 aromatic carbocycles. The molecule has 1 aliphatic heterocycles. The molecule has 1 fully saturated rings. The molecular weight excluding hydrogens is 327 g/mol. The standard InChI is InChI=1S/C22H29FN2O/c1-24(15-18-6-4-3-5-7-18)16-19-10-12-25(13-11-19)17-20-8-9-22(26-2)21(23)14-20/h3-9,14,19H,10-13,15-17H2,1-2H3. The van der Waals surface area contributed by atoms with Gasteiger partial charge in [-0.15, -0.1) is 0 Å². The molecule has 1 saturated heterocycles. The first-order valence-corrected chi connectivity index (χ1v) is 9.41. The molecular formula is C22H29FN2O.